The molecule has 2 heteroatoms. The van der Waals surface area contributed by atoms with Gasteiger partial charge >= 0.3 is 0 Å². The van der Waals surface area contributed by atoms with Gasteiger partial charge in [-0.05, 0) is 78.3 Å². The summed E-state index contributed by atoms with van der Waals surface area (Å²) in [5.41, 5.74) is 8.45. The Balaban J connectivity index is 2.01. The fourth-order valence-electron chi connectivity index (χ4n) is 3.62. The first-order valence-electron chi connectivity index (χ1n) is 8.76. The van der Waals surface area contributed by atoms with Crippen LogP contribution in [0.2, 0.25) is 0 Å². The van der Waals surface area contributed by atoms with Gasteiger partial charge in [0.05, 0.1) is 5.69 Å². The summed E-state index contributed by atoms with van der Waals surface area (Å²) in [7, 11) is 0. The maximum Gasteiger partial charge on any atom is 0.115 e. The van der Waals surface area contributed by atoms with E-state index in [0.29, 0.717) is 5.75 Å². The zero-order valence-corrected chi connectivity index (χ0v) is 14.4. The first-order chi connectivity index (χ1) is 12.2. The molecule has 1 aliphatic carbocycles. The number of allylic oxidation sites excluding steroid dienone is 1. The van der Waals surface area contributed by atoms with Gasteiger partial charge in [0.15, 0.2) is 0 Å². The Morgan fingerprint density at radius 2 is 1.76 bits per heavy atom. The predicted molar refractivity (Wildman–Crippen MR) is 102 cm³/mol. The number of benzene rings is 2. The SMILES string of the molecule is Cc1ccc(C2=C(c3ccccn3)CCCc3cc(O)ccc32)cc1. The molecule has 0 atom stereocenters. The van der Waals surface area contributed by atoms with Crippen molar-refractivity contribution >= 4 is 11.1 Å². The van der Waals surface area contributed by atoms with Crippen molar-refractivity contribution in [1.82, 2.24) is 4.98 Å². The quantitative estimate of drug-likeness (QED) is 0.684. The molecule has 0 amide bonds. The van der Waals surface area contributed by atoms with Gasteiger partial charge in [0.2, 0.25) is 0 Å². The molecule has 2 aromatic carbocycles. The molecule has 0 aliphatic heterocycles. The summed E-state index contributed by atoms with van der Waals surface area (Å²) in [5, 5.41) is 9.93. The third-order valence-corrected chi connectivity index (χ3v) is 4.85. The Morgan fingerprint density at radius 3 is 2.52 bits per heavy atom. The van der Waals surface area contributed by atoms with Crippen LogP contribution in [0.15, 0.2) is 66.9 Å². The van der Waals surface area contributed by atoms with Gasteiger partial charge in [0, 0.05) is 6.20 Å². The minimum absolute atomic E-state index is 0.336. The summed E-state index contributed by atoms with van der Waals surface area (Å²) in [6.45, 7) is 2.11. The number of fused-ring (bicyclic) bond motifs is 1. The van der Waals surface area contributed by atoms with Crippen LogP contribution in [0.1, 0.15) is 40.8 Å². The van der Waals surface area contributed by atoms with Crippen molar-refractivity contribution in [2.45, 2.75) is 26.2 Å². The fourth-order valence-corrected chi connectivity index (χ4v) is 3.62. The highest BCUT2D eigenvalue weighted by molar-refractivity contribution is 5.99. The Kier molecular flexibility index (Phi) is 4.10. The maximum absolute atomic E-state index is 9.93. The molecule has 0 unspecified atom stereocenters. The summed E-state index contributed by atoms with van der Waals surface area (Å²) < 4.78 is 0. The van der Waals surface area contributed by atoms with E-state index in [1.165, 1.54) is 33.4 Å². The Morgan fingerprint density at radius 1 is 0.920 bits per heavy atom. The summed E-state index contributed by atoms with van der Waals surface area (Å²) in [4.78, 5) is 4.62. The van der Waals surface area contributed by atoms with Crippen LogP contribution in [0, 0.1) is 6.92 Å². The molecule has 0 spiro atoms. The molecule has 2 nitrogen and oxygen atoms in total. The van der Waals surface area contributed by atoms with Crippen LogP contribution < -0.4 is 0 Å². The molecular weight excluding hydrogens is 306 g/mol. The number of aromatic nitrogens is 1. The van der Waals surface area contributed by atoms with Gasteiger partial charge in [-0.2, -0.15) is 0 Å². The van der Waals surface area contributed by atoms with E-state index in [0.717, 1.165) is 25.0 Å². The summed E-state index contributed by atoms with van der Waals surface area (Å²) in [6, 6.07) is 20.5. The molecule has 0 saturated heterocycles. The fraction of sp³-hybridized carbons (Fsp3) is 0.174. The van der Waals surface area contributed by atoms with E-state index in [9.17, 15) is 5.11 Å². The van der Waals surface area contributed by atoms with Gasteiger partial charge < -0.3 is 5.11 Å². The minimum atomic E-state index is 0.336. The smallest absolute Gasteiger partial charge is 0.115 e. The highest BCUT2D eigenvalue weighted by atomic mass is 16.3. The number of phenols is 1. The molecular formula is C23H21NO. The number of hydrogen-bond acceptors (Lipinski definition) is 2. The van der Waals surface area contributed by atoms with Crippen LogP contribution in [-0.2, 0) is 6.42 Å². The summed E-state index contributed by atoms with van der Waals surface area (Å²) >= 11 is 0. The number of rotatable bonds is 2. The van der Waals surface area contributed by atoms with Gasteiger partial charge in [-0.3, -0.25) is 4.98 Å². The van der Waals surface area contributed by atoms with Crippen molar-refractivity contribution in [3.05, 3.63) is 94.8 Å². The molecule has 1 aromatic heterocycles. The number of nitrogens with zero attached hydrogens (tertiary/aromatic N) is 1. The first-order valence-corrected chi connectivity index (χ1v) is 8.76. The molecule has 25 heavy (non-hydrogen) atoms. The molecule has 1 N–H and O–H groups in total. The third-order valence-electron chi connectivity index (χ3n) is 4.85. The standard InChI is InChI=1S/C23H21NO/c1-16-8-10-17(11-9-16)23-20-13-12-19(25)15-18(20)5-4-6-21(23)22-7-2-3-14-24-22/h2-3,7-15,25H,4-6H2,1H3. The van der Waals surface area contributed by atoms with Crippen LogP contribution in [0.4, 0.5) is 0 Å². The van der Waals surface area contributed by atoms with E-state index < -0.39 is 0 Å². The van der Waals surface area contributed by atoms with Crippen LogP contribution in [0.25, 0.3) is 11.1 Å². The second-order valence-corrected chi connectivity index (χ2v) is 6.63. The third kappa shape index (κ3) is 3.08. The van der Waals surface area contributed by atoms with E-state index in [1.807, 2.05) is 30.5 Å². The lowest BCUT2D eigenvalue weighted by atomic mass is 9.89. The zero-order chi connectivity index (χ0) is 17.2. The Hall–Kier alpha value is -2.87. The van der Waals surface area contributed by atoms with Crippen LogP contribution >= 0.6 is 0 Å². The average Bonchev–Trinajstić information content (AvgIpc) is 2.82. The topological polar surface area (TPSA) is 33.1 Å². The summed E-state index contributed by atoms with van der Waals surface area (Å²) in [5.74, 6) is 0.336. The van der Waals surface area contributed by atoms with Crippen molar-refractivity contribution in [1.29, 1.82) is 0 Å². The van der Waals surface area contributed by atoms with Crippen LogP contribution in [0.5, 0.6) is 5.75 Å². The normalized spacial score (nSPS) is 14.1. The van der Waals surface area contributed by atoms with Gasteiger partial charge in [0.1, 0.15) is 5.75 Å². The molecule has 0 radical (unpaired) electrons. The highest BCUT2D eigenvalue weighted by Gasteiger charge is 2.20. The largest absolute Gasteiger partial charge is 0.508 e. The predicted octanol–water partition coefficient (Wildman–Crippen LogP) is 5.39. The van der Waals surface area contributed by atoms with Crippen LogP contribution in [0.3, 0.4) is 0 Å². The lowest BCUT2D eigenvalue weighted by molar-refractivity contribution is 0.474. The number of hydrogen-bond donors (Lipinski definition) is 1. The average molecular weight is 327 g/mol. The molecule has 0 bridgehead atoms. The zero-order valence-electron chi connectivity index (χ0n) is 14.4. The van der Waals surface area contributed by atoms with Gasteiger partial charge in [-0.25, -0.2) is 0 Å². The lowest BCUT2D eigenvalue weighted by Crippen LogP contribution is -1.97. The monoisotopic (exact) mass is 327 g/mol. The van der Waals surface area contributed by atoms with E-state index in [4.69, 9.17) is 0 Å². The molecule has 4 rings (SSSR count). The van der Waals surface area contributed by atoms with Crippen molar-refractivity contribution in [3.63, 3.8) is 0 Å². The second kappa shape index (κ2) is 6.56. The molecule has 124 valence electrons. The Labute approximate surface area is 148 Å². The number of aromatic hydroxyl groups is 1. The highest BCUT2D eigenvalue weighted by Crippen LogP contribution is 2.40. The Bertz CT molecular complexity index is 924. The number of aryl methyl sites for hydroxylation is 2. The van der Waals surface area contributed by atoms with Gasteiger partial charge in [0.25, 0.3) is 0 Å². The van der Waals surface area contributed by atoms with Crippen LogP contribution in [-0.4, -0.2) is 10.1 Å². The number of phenolic OH excluding ortho intramolecular Hbond substituents is 1. The molecule has 1 aliphatic rings. The van der Waals surface area contributed by atoms with E-state index in [2.05, 4.69) is 42.2 Å². The minimum Gasteiger partial charge on any atom is -0.508 e. The van der Waals surface area contributed by atoms with E-state index in [-0.39, 0.29) is 0 Å². The van der Waals surface area contributed by atoms with Crippen molar-refractivity contribution < 1.29 is 5.11 Å². The molecule has 3 aromatic rings. The first kappa shape index (κ1) is 15.6. The van der Waals surface area contributed by atoms with Gasteiger partial charge in [-0.15, -0.1) is 0 Å². The van der Waals surface area contributed by atoms with Crippen molar-refractivity contribution in [2.75, 3.05) is 0 Å². The van der Waals surface area contributed by atoms with Gasteiger partial charge in [-0.1, -0.05) is 42.0 Å². The summed E-state index contributed by atoms with van der Waals surface area (Å²) in [6.07, 6.45) is 4.86. The molecule has 0 saturated carbocycles. The second-order valence-electron chi connectivity index (χ2n) is 6.63. The van der Waals surface area contributed by atoms with Crippen molar-refractivity contribution in [2.24, 2.45) is 0 Å². The van der Waals surface area contributed by atoms with E-state index >= 15 is 0 Å². The molecule has 1 heterocycles. The lowest BCUT2D eigenvalue weighted by Gasteiger charge is -2.16. The molecule has 0 fully saturated rings. The number of pyridine rings is 1. The van der Waals surface area contributed by atoms with E-state index in [1.54, 1.807) is 6.07 Å². The van der Waals surface area contributed by atoms with Crippen molar-refractivity contribution in [3.8, 4) is 5.75 Å². The maximum atomic E-state index is 9.93.